The minimum atomic E-state index is 0. The van der Waals surface area contributed by atoms with Gasteiger partial charge in [-0.3, -0.25) is 4.99 Å². The van der Waals surface area contributed by atoms with Crippen LogP contribution in [0.5, 0.6) is 5.75 Å². The average Bonchev–Trinajstić information content (AvgIpc) is 3.08. The minimum absolute atomic E-state index is 0. The average molecular weight is 509 g/mol. The van der Waals surface area contributed by atoms with Crippen molar-refractivity contribution in [3.63, 3.8) is 0 Å². The molecule has 1 heterocycles. The SMILES string of the molecule is CN=C(NCCc1ccc(OC)cc1Cl)NCc1nc(C(C)C)cs1.I. The van der Waals surface area contributed by atoms with E-state index in [0.717, 1.165) is 40.9 Å². The Morgan fingerprint density at radius 2 is 2.12 bits per heavy atom. The molecule has 0 bridgehead atoms. The number of guanidine groups is 1. The number of ether oxygens (including phenoxy) is 1. The molecule has 0 aliphatic carbocycles. The summed E-state index contributed by atoms with van der Waals surface area (Å²) >= 11 is 7.94. The molecule has 0 atom stereocenters. The van der Waals surface area contributed by atoms with E-state index in [2.05, 4.69) is 39.8 Å². The molecule has 2 N–H and O–H groups in total. The van der Waals surface area contributed by atoms with E-state index in [1.807, 2.05) is 18.2 Å². The number of nitrogens with zero attached hydrogens (tertiary/aromatic N) is 2. The Labute approximate surface area is 181 Å². The van der Waals surface area contributed by atoms with E-state index < -0.39 is 0 Å². The van der Waals surface area contributed by atoms with Gasteiger partial charge >= 0.3 is 0 Å². The van der Waals surface area contributed by atoms with E-state index >= 15 is 0 Å². The van der Waals surface area contributed by atoms with Gasteiger partial charge in [-0.15, -0.1) is 35.3 Å². The fourth-order valence-electron chi connectivity index (χ4n) is 2.22. The maximum absolute atomic E-state index is 6.27. The molecule has 1 aromatic heterocycles. The van der Waals surface area contributed by atoms with Crippen molar-refractivity contribution in [2.45, 2.75) is 32.7 Å². The van der Waals surface area contributed by atoms with Crippen molar-refractivity contribution in [2.75, 3.05) is 20.7 Å². The van der Waals surface area contributed by atoms with Gasteiger partial charge < -0.3 is 15.4 Å². The third-order valence-corrected chi connectivity index (χ3v) is 4.96. The van der Waals surface area contributed by atoms with Crippen LogP contribution in [0.3, 0.4) is 0 Å². The summed E-state index contributed by atoms with van der Waals surface area (Å²) in [6.45, 7) is 5.70. The number of nitrogens with one attached hydrogen (secondary N) is 2. The molecule has 26 heavy (non-hydrogen) atoms. The summed E-state index contributed by atoms with van der Waals surface area (Å²) in [7, 11) is 3.40. The van der Waals surface area contributed by atoms with Crippen LogP contribution in [0.1, 0.15) is 36.0 Å². The summed E-state index contributed by atoms with van der Waals surface area (Å²) in [6, 6.07) is 5.74. The molecule has 0 saturated heterocycles. The monoisotopic (exact) mass is 508 g/mol. The molecule has 0 aliphatic rings. The Balaban J connectivity index is 0.00000338. The number of hydrogen-bond donors (Lipinski definition) is 2. The topological polar surface area (TPSA) is 58.5 Å². The second kappa shape index (κ2) is 11.6. The summed E-state index contributed by atoms with van der Waals surface area (Å²) in [5, 5.41) is 10.5. The second-order valence-corrected chi connectivity index (χ2v) is 7.23. The lowest BCUT2D eigenvalue weighted by Gasteiger charge is -2.12. The highest BCUT2D eigenvalue weighted by Crippen LogP contribution is 2.22. The number of hydrogen-bond acceptors (Lipinski definition) is 4. The smallest absolute Gasteiger partial charge is 0.191 e. The molecule has 0 unspecified atom stereocenters. The summed E-state index contributed by atoms with van der Waals surface area (Å²) in [4.78, 5) is 8.86. The lowest BCUT2D eigenvalue weighted by Crippen LogP contribution is -2.37. The highest BCUT2D eigenvalue weighted by molar-refractivity contribution is 14.0. The number of halogens is 2. The first-order valence-electron chi connectivity index (χ1n) is 8.24. The largest absolute Gasteiger partial charge is 0.497 e. The van der Waals surface area contributed by atoms with Crippen molar-refractivity contribution in [1.82, 2.24) is 15.6 Å². The zero-order chi connectivity index (χ0) is 18.2. The number of methoxy groups -OCH3 is 1. The fourth-order valence-corrected chi connectivity index (χ4v) is 3.39. The molecule has 0 fully saturated rings. The predicted octanol–water partition coefficient (Wildman–Crippen LogP) is 4.45. The number of aromatic nitrogens is 1. The van der Waals surface area contributed by atoms with Crippen LogP contribution in [0.15, 0.2) is 28.6 Å². The highest BCUT2D eigenvalue weighted by atomic mass is 127. The summed E-state index contributed by atoms with van der Waals surface area (Å²) in [5.74, 6) is 1.98. The predicted molar refractivity (Wildman–Crippen MR) is 122 cm³/mol. The highest BCUT2D eigenvalue weighted by Gasteiger charge is 2.07. The van der Waals surface area contributed by atoms with Crippen LogP contribution in [-0.2, 0) is 13.0 Å². The lowest BCUT2D eigenvalue weighted by atomic mass is 10.1. The van der Waals surface area contributed by atoms with Gasteiger partial charge in [-0.05, 0) is 30.0 Å². The molecule has 2 rings (SSSR count). The summed E-state index contributed by atoms with van der Waals surface area (Å²) in [6.07, 6.45) is 0.804. The van der Waals surface area contributed by atoms with Gasteiger partial charge in [0.05, 0.1) is 19.3 Å². The van der Waals surface area contributed by atoms with Crippen molar-refractivity contribution in [2.24, 2.45) is 4.99 Å². The van der Waals surface area contributed by atoms with Gasteiger partial charge in [0, 0.05) is 24.0 Å². The Morgan fingerprint density at radius 1 is 1.35 bits per heavy atom. The normalized spacial score (nSPS) is 11.2. The lowest BCUT2D eigenvalue weighted by molar-refractivity contribution is 0.414. The van der Waals surface area contributed by atoms with Gasteiger partial charge in [0.2, 0.25) is 0 Å². The zero-order valence-electron chi connectivity index (χ0n) is 15.5. The third-order valence-electron chi connectivity index (χ3n) is 3.74. The van der Waals surface area contributed by atoms with Crippen LogP contribution in [0.4, 0.5) is 0 Å². The van der Waals surface area contributed by atoms with Crippen LogP contribution in [0, 0.1) is 0 Å². The first-order valence-corrected chi connectivity index (χ1v) is 9.50. The van der Waals surface area contributed by atoms with Crippen molar-refractivity contribution in [3.8, 4) is 5.75 Å². The molecule has 0 spiro atoms. The molecule has 5 nitrogen and oxygen atoms in total. The van der Waals surface area contributed by atoms with Crippen molar-refractivity contribution < 1.29 is 4.74 Å². The Bertz CT molecular complexity index is 721. The number of thiazole rings is 1. The van der Waals surface area contributed by atoms with Crippen LogP contribution < -0.4 is 15.4 Å². The molecular formula is C18H26ClIN4OS. The number of rotatable bonds is 7. The van der Waals surface area contributed by atoms with Crippen LogP contribution in [0.2, 0.25) is 5.02 Å². The molecule has 1 aromatic carbocycles. The molecular weight excluding hydrogens is 483 g/mol. The van der Waals surface area contributed by atoms with Crippen molar-refractivity contribution in [3.05, 3.63) is 44.9 Å². The Morgan fingerprint density at radius 3 is 2.69 bits per heavy atom. The molecule has 0 aliphatic heterocycles. The standard InChI is InChI=1S/C18H25ClN4OS.HI/c1-12(2)16-11-25-17(23-16)10-22-18(20-3)21-8-7-13-5-6-14(24-4)9-15(13)19;/h5-6,9,11-12H,7-8,10H2,1-4H3,(H2,20,21,22);1H. The summed E-state index contributed by atoms with van der Waals surface area (Å²) in [5.41, 5.74) is 2.21. The molecule has 0 radical (unpaired) electrons. The molecule has 8 heteroatoms. The van der Waals surface area contributed by atoms with E-state index in [9.17, 15) is 0 Å². The van der Waals surface area contributed by atoms with Crippen molar-refractivity contribution in [1.29, 1.82) is 0 Å². The van der Waals surface area contributed by atoms with Gasteiger partial charge in [-0.1, -0.05) is 31.5 Å². The first kappa shape index (κ1) is 23.0. The maximum atomic E-state index is 6.27. The Hall–Kier alpha value is -1.06. The maximum Gasteiger partial charge on any atom is 0.191 e. The van der Waals surface area contributed by atoms with E-state index in [1.54, 1.807) is 25.5 Å². The van der Waals surface area contributed by atoms with Gasteiger partial charge in [0.1, 0.15) is 10.8 Å². The van der Waals surface area contributed by atoms with E-state index in [4.69, 9.17) is 16.3 Å². The summed E-state index contributed by atoms with van der Waals surface area (Å²) < 4.78 is 5.17. The van der Waals surface area contributed by atoms with E-state index in [1.165, 1.54) is 0 Å². The van der Waals surface area contributed by atoms with E-state index in [-0.39, 0.29) is 24.0 Å². The second-order valence-electron chi connectivity index (χ2n) is 5.88. The molecule has 0 saturated carbocycles. The fraction of sp³-hybridized carbons (Fsp3) is 0.444. The quantitative estimate of drug-likeness (QED) is 0.329. The van der Waals surface area contributed by atoms with E-state index in [0.29, 0.717) is 17.5 Å². The zero-order valence-corrected chi connectivity index (χ0v) is 19.4. The molecule has 0 amide bonds. The minimum Gasteiger partial charge on any atom is -0.497 e. The first-order chi connectivity index (χ1) is 12.0. The molecule has 144 valence electrons. The molecule has 2 aromatic rings. The number of benzene rings is 1. The van der Waals surface area contributed by atoms with Gasteiger partial charge in [-0.25, -0.2) is 4.98 Å². The van der Waals surface area contributed by atoms with Gasteiger partial charge in [0.15, 0.2) is 5.96 Å². The van der Waals surface area contributed by atoms with Crippen LogP contribution >= 0.6 is 46.9 Å². The van der Waals surface area contributed by atoms with Crippen LogP contribution in [-0.4, -0.2) is 31.6 Å². The van der Waals surface area contributed by atoms with Crippen LogP contribution in [0.25, 0.3) is 0 Å². The Kier molecular flexibility index (Phi) is 10.3. The number of aliphatic imine (C=N–C) groups is 1. The third kappa shape index (κ3) is 6.92. The van der Waals surface area contributed by atoms with Gasteiger partial charge in [-0.2, -0.15) is 0 Å². The van der Waals surface area contributed by atoms with Gasteiger partial charge in [0.25, 0.3) is 0 Å². The van der Waals surface area contributed by atoms with Crippen molar-refractivity contribution >= 4 is 52.9 Å².